The fourth-order valence-electron chi connectivity index (χ4n) is 3.17. The monoisotopic (exact) mass is 437 g/mol. The van der Waals surface area contributed by atoms with Crippen LogP contribution in [0.15, 0.2) is 54.0 Å². The van der Waals surface area contributed by atoms with Crippen molar-refractivity contribution in [2.75, 3.05) is 36.5 Å². The van der Waals surface area contributed by atoms with Crippen LogP contribution in [-0.2, 0) is 22.5 Å². The van der Waals surface area contributed by atoms with Gasteiger partial charge in [0, 0.05) is 36.8 Å². The smallest absolute Gasteiger partial charge is 0.257 e. The molecule has 9 heteroatoms. The van der Waals surface area contributed by atoms with Crippen molar-refractivity contribution in [2.24, 2.45) is 0 Å². The summed E-state index contributed by atoms with van der Waals surface area (Å²) in [5.41, 5.74) is 2.17. The summed E-state index contributed by atoms with van der Waals surface area (Å²) in [7, 11) is 0. The van der Waals surface area contributed by atoms with E-state index < -0.39 is 0 Å². The number of carbonyl (C=O) groups excluding carboxylic acids is 2. The average molecular weight is 438 g/mol. The predicted molar refractivity (Wildman–Crippen MR) is 119 cm³/mol. The van der Waals surface area contributed by atoms with Crippen LogP contribution in [0.1, 0.15) is 21.6 Å². The van der Waals surface area contributed by atoms with Gasteiger partial charge in [-0.2, -0.15) is 0 Å². The van der Waals surface area contributed by atoms with E-state index in [0.717, 1.165) is 24.5 Å². The van der Waals surface area contributed by atoms with Gasteiger partial charge in [0.15, 0.2) is 5.13 Å². The van der Waals surface area contributed by atoms with Gasteiger partial charge in [-0.1, -0.05) is 18.2 Å². The number of benzene rings is 1. The topological polar surface area (TPSA) is 96.5 Å². The molecule has 1 fully saturated rings. The number of morpholine rings is 1. The maximum Gasteiger partial charge on any atom is 0.257 e. The summed E-state index contributed by atoms with van der Waals surface area (Å²) in [6.07, 6.45) is 1.91. The van der Waals surface area contributed by atoms with E-state index in [0.29, 0.717) is 36.1 Å². The lowest BCUT2D eigenvalue weighted by atomic mass is 10.2. The molecule has 0 bridgehead atoms. The number of nitrogens with zero attached hydrogens (tertiary/aromatic N) is 3. The van der Waals surface area contributed by atoms with Crippen LogP contribution >= 0.6 is 11.3 Å². The van der Waals surface area contributed by atoms with E-state index >= 15 is 0 Å². The summed E-state index contributed by atoms with van der Waals surface area (Å²) in [4.78, 5) is 35.5. The molecule has 2 amide bonds. The van der Waals surface area contributed by atoms with Crippen molar-refractivity contribution in [1.82, 2.24) is 15.3 Å². The number of amides is 2. The molecular formula is C22H23N5O3S. The lowest BCUT2D eigenvalue weighted by Crippen LogP contribution is -2.36. The SMILES string of the molecule is O=C(Cc1csc(NC(=O)c2ccccc2)n1)NCc1ccnc(N2CCOCC2)c1. The molecule has 0 unspecified atom stereocenters. The summed E-state index contributed by atoms with van der Waals surface area (Å²) in [5.74, 6) is 0.545. The van der Waals surface area contributed by atoms with E-state index in [9.17, 15) is 9.59 Å². The lowest BCUT2D eigenvalue weighted by molar-refractivity contribution is -0.120. The highest BCUT2D eigenvalue weighted by atomic mass is 32.1. The van der Waals surface area contributed by atoms with Crippen molar-refractivity contribution in [1.29, 1.82) is 0 Å². The van der Waals surface area contributed by atoms with Gasteiger partial charge in [0.1, 0.15) is 5.82 Å². The molecule has 31 heavy (non-hydrogen) atoms. The Balaban J connectivity index is 1.27. The molecule has 0 radical (unpaired) electrons. The summed E-state index contributed by atoms with van der Waals surface area (Å²) in [6, 6.07) is 12.8. The van der Waals surface area contributed by atoms with Gasteiger partial charge in [0.2, 0.25) is 5.91 Å². The average Bonchev–Trinajstić information content (AvgIpc) is 3.25. The highest BCUT2D eigenvalue weighted by Crippen LogP contribution is 2.17. The number of rotatable bonds is 7. The third-order valence-electron chi connectivity index (χ3n) is 4.78. The van der Waals surface area contributed by atoms with Crippen LogP contribution in [0.5, 0.6) is 0 Å². The van der Waals surface area contributed by atoms with E-state index in [2.05, 4.69) is 25.5 Å². The second-order valence-corrected chi connectivity index (χ2v) is 7.90. The van der Waals surface area contributed by atoms with Gasteiger partial charge in [-0.3, -0.25) is 14.9 Å². The first kappa shape index (κ1) is 21.0. The third-order valence-corrected chi connectivity index (χ3v) is 5.59. The van der Waals surface area contributed by atoms with Crippen LogP contribution in [0.3, 0.4) is 0 Å². The van der Waals surface area contributed by atoms with Crippen molar-refractivity contribution in [3.63, 3.8) is 0 Å². The molecule has 1 saturated heterocycles. The second kappa shape index (κ2) is 10.1. The standard InChI is InChI=1S/C22H23N5O3S/c28-20(24-14-16-6-7-23-19(12-16)27-8-10-30-11-9-27)13-18-15-31-22(25-18)26-21(29)17-4-2-1-3-5-17/h1-7,12,15H,8-11,13-14H2,(H,24,28)(H,25,26,29). The zero-order valence-corrected chi connectivity index (χ0v) is 17.7. The third kappa shape index (κ3) is 5.87. The Bertz CT molecular complexity index is 1030. The van der Waals surface area contributed by atoms with Gasteiger partial charge in [0.25, 0.3) is 5.91 Å². The number of thiazole rings is 1. The first-order valence-electron chi connectivity index (χ1n) is 10.0. The summed E-state index contributed by atoms with van der Waals surface area (Å²) in [6.45, 7) is 3.44. The highest BCUT2D eigenvalue weighted by molar-refractivity contribution is 7.14. The zero-order chi connectivity index (χ0) is 21.5. The Hall–Kier alpha value is -3.30. The Morgan fingerprint density at radius 1 is 1.13 bits per heavy atom. The van der Waals surface area contributed by atoms with Crippen LogP contribution < -0.4 is 15.5 Å². The molecule has 0 aliphatic carbocycles. The lowest BCUT2D eigenvalue weighted by Gasteiger charge is -2.28. The Kier molecular flexibility index (Phi) is 6.85. The summed E-state index contributed by atoms with van der Waals surface area (Å²) < 4.78 is 5.38. The fraction of sp³-hybridized carbons (Fsp3) is 0.273. The number of anilines is 2. The number of aromatic nitrogens is 2. The van der Waals surface area contributed by atoms with Gasteiger partial charge in [-0.25, -0.2) is 9.97 Å². The molecule has 2 aromatic heterocycles. The molecule has 4 rings (SSSR count). The molecule has 1 aromatic carbocycles. The van der Waals surface area contributed by atoms with Crippen molar-refractivity contribution < 1.29 is 14.3 Å². The molecular weight excluding hydrogens is 414 g/mol. The van der Waals surface area contributed by atoms with Gasteiger partial charge >= 0.3 is 0 Å². The molecule has 0 spiro atoms. The molecule has 0 atom stereocenters. The van der Waals surface area contributed by atoms with E-state index in [1.165, 1.54) is 11.3 Å². The fourth-order valence-corrected chi connectivity index (χ4v) is 3.87. The summed E-state index contributed by atoms with van der Waals surface area (Å²) in [5, 5.41) is 7.94. The number of carbonyl (C=O) groups is 2. The molecule has 3 aromatic rings. The normalized spacial score (nSPS) is 13.6. The van der Waals surface area contributed by atoms with E-state index in [-0.39, 0.29) is 18.2 Å². The first-order chi connectivity index (χ1) is 15.2. The Morgan fingerprint density at radius 3 is 2.74 bits per heavy atom. The maximum atomic E-state index is 12.3. The Labute approximate surface area is 184 Å². The largest absolute Gasteiger partial charge is 0.378 e. The van der Waals surface area contributed by atoms with Crippen LogP contribution in [0, 0.1) is 0 Å². The van der Waals surface area contributed by atoms with E-state index in [1.54, 1.807) is 35.8 Å². The molecule has 160 valence electrons. The second-order valence-electron chi connectivity index (χ2n) is 7.04. The maximum absolute atomic E-state index is 12.3. The molecule has 1 aliphatic heterocycles. The van der Waals surface area contributed by atoms with Crippen LogP contribution in [0.2, 0.25) is 0 Å². The number of hydrogen-bond donors (Lipinski definition) is 2. The molecule has 0 saturated carbocycles. The van der Waals surface area contributed by atoms with Crippen LogP contribution in [0.25, 0.3) is 0 Å². The van der Waals surface area contributed by atoms with Gasteiger partial charge in [-0.05, 0) is 29.8 Å². The minimum Gasteiger partial charge on any atom is -0.378 e. The minimum atomic E-state index is -0.222. The molecule has 3 heterocycles. The summed E-state index contributed by atoms with van der Waals surface area (Å²) >= 11 is 1.30. The zero-order valence-electron chi connectivity index (χ0n) is 16.9. The number of hydrogen-bond acceptors (Lipinski definition) is 7. The first-order valence-corrected chi connectivity index (χ1v) is 10.9. The van der Waals surface area contributed by atoms with Crippen molar-refractivity contribution in [3.8, 4) is 0 Å². The van der Waals surface area contributed by atoms with Gasteiger partial charge in [0.05, 0.1) is 25.3 Å². The number of ether oxygens (including phenoxy) is 1. The Morgan fingerprint density at radius 2 is 1.94 bits per heavy atom. The van der Waals surface area contributed by atoms with Crippen molar-refractivity contribution in [2.45, 2.75) is 13.0 Å². The van der Waals surface area contributed by atoms with E-state index in [1.807, 2.05) is 18.2 Å². The van der Waals surface area contributed by atoms with Crippen molar-refractivity contribution in [3.05, 3.63) is 70.9 Å². The van der Waals surface area contributed by atoms with Crippen LogP contribution in [0.4, 0.5) is 10.9 Å². The van der Waals surface area contributed by atoms with Gasteiger partial charge in [-0.15, -0.1) is 11.3 Å². The predicted octanol–water partition coefficient (Wildman–Crippen LogP) is 2.49. The van der Waals surface area contributed by atoms with E-state index in [4.69, 9.17) is 4.74 Å². The van der Waals surface area contributed by atoms with Gasteiger partial charge < -0.3 is 15.0 Å². The van der Waals surface area contributed by atoms with Crippen LogP contribution in [-0.4, -0.2) is 48.1 Å². The number of nitrogens with one attached hydrogen (secondary N) is 2. The molecule has 8 nitrogen and oxygen atoms in total. The molecule has 2 N–H and O–H groups in total. The quantitative estimate of drug-likeness (QED) is 0.590. The molecule has 1 aliphatic rings. The minimum absolute atomic E-state index is 0.129. The number of pyridine rings is 1. The highest BCUT2D eigenvalue weighted by Gasteiger charge is 2.14. The van der Waals surface area contributed by atoms with Crippen molar-refractivity contribution >= 4 is 34.1 Å².